The van der Waals surface area contributed by atoms with Crippen LogP contribution in [0.15, 0.2) is 24.3 Å². The number of ether oxygens (including phenoxy) is 1. The van der Waals surface area contributed by atoms with Crippen molar-refractivity contribution in [2.45, 2.75) is 108 Å². The minimum atomic E-state index is -1.28. The zero-order valence-electron chi connectivity index (χ0n) is 22.2. The van der Waals surface area contributed by atoms with Crippen LogP contribution in [0.5, 0.6) is 0 Å². The second-order valence-corrected chi connectivity index (χ2v) is 11.5. The fourth-order valence-corrected chi connectivity index (χ4v) is 7.57. The fourth-order valence-electron chi connectivity index (χ4n) is 7.57. The molecule has 0 aromatic heterocycles. The number of hydrogen-bond acceptors (Lipinski definition) is 5. The van der Waals surface area contributed by atoms with Crippen LogP contribution in [0.25, 0.3) is 0 Å². The van der Waals surface area contributed by atoms with Crippen LogP contribution in [0.1, 0.15) is 84.7 Å². The van der Waals surface area contributed by atoms with Gasteiger partial charge in [-0.2, -0.15) is 0 Å². The van der Waals surface area contributed by atoms with Crippen LogP contribution in [-0.4, -0.2) is 81.8 Å². The number of benzene rings is 1. The first-order chi connectivity index (χ1) is 17.3. The molecule has 1 N–H and O–H groups in total. The van der Waals surface area contributed by atoms with E-state index < -0.39 is 5.60 Å². The second-order valence-electron chi connectivity index (χ2n) is 11.5. The van der Waals surface area contributed by atoms with Gasteiger partial charge in [-0.05, 0) is 82.5 Å². The quantitative estimate of drug-likeness (QED) is 0.654. The molecule has 1 spiro atoms. The van der Waals surface area contributed by atoms with Gasteiger partial charge >= 0.3 is 6.09 Å². The Balaban J connectivity index is 0.00000320. The van der Waals surface area contributed by atoms with Crippen LogP contribution in [0.2, 0.25) is 0 Å². The molecule has 4 aliphatic heterocycles. The van der Waals surface area contributed by atoms with Gasteiger partial charge in [0.15, 0.2) is 0 Å². The summed E-state index contributed by atoms with van der Waals surface area (Å²) in [6.45, 7) is 9.38. The van der Waals surface area contributed by atoms with Gasteiger partial charge in [-0.1, -0.05) is 38.1 Å². The van der Waals surface area contributed by atoms with Crippen LogP contribution in [0.3, 0.4) is 0 Å². The maximum atomic E-state index is 13.5. The van der Waals surface area contributed by atoms with Gasteiger partial charge in [0.25, 0.3) is 5.91 Å². The number of carbonyl (C=O) groups excluding carboxylic acids is 2. The molecule has 2 atom stereocenters. The molecule has 3 fully saturated rings. The Morgan fingerprint density at radius 3 is 2.31 bits per heavy atom. The summed E-state index contributed by atoms with van der Waals surface area (Å²) in [6, 6.07) is 9.71. The van der Waals surface area contributed by atoms with Crippen molar-refractivity contribution in [2.24, 2.45) is 0 Å². The molecule has 0 saturated carbocycles. The van der Waals surface area contributed by atoms with Crippen molar-refractivity contribution >= 4 is 12.0 Å². The Hall–Kier alpha value is -2.12. The van der Waals surface area contributed by atoms with Gasteiger partial charge in [0.2, 0.25) is 0 Å². The highest BCUT2D eigenvalue weighted by Crippen LogP contribution is 2.45. The molecule has 1 aromatic carbocycles. The molecule has 4 heterocycles. The smallest absolute Gasteiger partial charge is 0.410 e. The zero-order chi connectivity index (χ0) is 25.5. The van der Waals surface area contributed by atoms with Gasteiger partial charge < -0.3 is 24.5 Å². The molecule has 7 nitrogen and oxygen atoms in total. The molecule has 200 valence electrons. The minimum absolute atomic E-state index is 0. The molecule has 5 rings (SSSR count). The molecule has 1 aromatic rings. The number of hydrogen-bond donors (Lipinski definition) is 1. The Labute approximate surface area is 217 Å². The minimum Gasteiger partial charge on any atom is -0.450 e. The predicted octanol–water partition coefficient (Wildman–Crippen LogP) is 4.31. The maximum Gasteiger partial charge on any atom is 0.410 e. The third kappa shape index (κ3) is 4.32. The Bertz CT molecular complexity index is 962. The molecular formula is C29H45N3O4. The van der Waals surface area contributed by atoms with E-state index in [-0.39, 0.29) is 18.8 Å². The summed E-state index contributed by atoms with van der Waals surface area (Å²) in [6.07, 6.45) is 6.99. The monoisotopic (exact) mass is 499 g/mol. The summed E-state index contributed by atoms with van der Waals surface area (Å²) < 4.78 is 5.34. The van der Waals surface area contributed by atoms with Crippen LogP contribution in [0.4, 0.5) is 4.79 Å². The summed E-state index contributed by atoms with van der Waals surface area (Å²) in [5.41, 5.74) is 1.28. The van der Waals surface area contributed by atoms with E-state index in [1.807, 2.05) is 30.6 Å². The summed E-state index contributed by atoms with van der Waals surface area (Å²) >= 11 is 0. The fraction of sp³-hybridized carbons (Fsp3) is 0.724. The molecule has 2 unspecified atom stereocenters. The summed E-state index contributed by atoms with van der Waals surface area (Å²) in [4.78, 5) is 32.6. The lowest BCUT2D eigenvalue weighted by Crippen LogP contribution is -2.59. The lowest BCUT2D eigenvalue weighted by atomic mass is 9.68. The highest BCUT2D eigenvalue weighted by molar-refractivity contribution is 5.85. The van der Waals surface area contributed by atoms with Gasteiger partial charge in [-0.3, -0.25) is 4.79 Å². The Morgan fingerprint density at radius 2 is 1.69 bits per heavy atom. The maximum absolute atomic E-state index is 13.5. The molecule has 0 aliphatic carbocycles. The molecule has 2 bridgehead atoms. The molecule has 7 heteroatoms. The number of amides is 2. The van der Waals surface area contributed by atoms with Gasteiger partial charge in [0, 0.05) is 38.1 Å². The van der Waals surface area contributed by atoms with E-state index in [0.717, 1.165) is 51.6 Å². The van der Waals surface area contributed by atoms with E-state index in [9.17, 15) is 14.7 Å². The van der Waals surface area contributed by atoms with Crippen molar-refractivity contribution in [3.8, 4) is 0 Å². The van der Waals surface area contributed by atoms with Crippen LogP contribution >= 0.6 is 0 Å². The Morgan fingerprint density at radius 1 is 1.06 bits per heavy atom. The first kappa shape index (κ1) is 25.5. The number of fused-ring (bicyclic) bond motifs is 4. The first-order valence-electron chi connectivity index (χ1n) is 14.1. The Kier molecular flexibility index (Phi) is 7.07. The van der Waals surface area contributed by atoms with Crippen LogP contribution < -0.4 is 0 Å². The van der Waals surface area contributed by atoms with Crippen molar-refractivity contribution in [2.75, 3.05) is 26.2 Å². The van der Waals surface area contributed by atoms with Gasteiger partial charge in [0.05, 0.1) is 6.61 Å². The van der Waals surface area contributed by atoms with E-state index in [1.165, 1.54) is 11.1 Å². The number of piperidine rings is 2. The average molecular weight is 500 g/mol. The summed E-state index contributed by atoms with van der Waals surface area (Å²) in [5, 5.41) is 11.0. The van der Waals surface area contributed by atoms with E-state index >= 15 is 0 Å². The molecular weight excluding hydrogens is 454 g/mol. The van der Waals surface area contributed by atoms with Crippen molar-refractivity contribution < 1.29 is 20.9 Å². The third-order valence-corrected chi connectivity index (χ3v) is 9.76. The summed E-state index contributed by atoms with van der Waals surface area (Å²) in [5.74, 6) is -0.119. The van der Waals surface area contributed by atoms with Crippen molar-refractivity contribution in [1.82, 2.24) is 14.7 Å². The summed E-state index contributed by atoms with van der Waals surface area (Å²) in [7, 11) is 0. The molecule has 3 saturated heterocycles. The number of aliphatic hydroxyl groups is 1. The SMILES string of the molecule is CCOC(=O)N1C2CCC1CC(N1CCC3(CC1)CN(C(=O)C(O)(CC)CC)Cc1ccccc13)C2.[HH]. The molecule has 0 radical (unpaired) electrons. The molecule has 36 heavy (non-hydrogen) atoms. The lowest BCUT2D eigenvalue weighted by molar-refractivity contribution is -0.155. The second kappa shape index (κ2) is 9.97. The number of carbonyl (C=O) groups is 2. The van der Waals surface area contributed by atoms with E-state index in [1.54, 1.807) is 0 Å². The van der Waals surface area contributed by atoms with Gasteiger partial charge in [0.1, 0.15) is 5.60 Å². The normalized spacial score (nSPS) is 27.7. The zero-order valence-corrected chi connectivity index (χ0v) is 22.2. The van der Waals surface area contributed by atoms with Crippen molar-refractivity contribution in [3.05, 3.63) is 35.4 Å². The van der Waals surface area contributed by atoms with Crippen LogP contribution in [0, 0.1) is 0 Å². The van der Waals surface area contributed by atoms with Crippen molar-refractivity contribution in [3.63, 3.8) is 0 Å². The molecule has 2 amide bonds. The van der Waals surface area contributed by atoms with Gasteiger partial charge in [-0.15, -0.1) is 0 Å². The van der Waals surface area contributed by atoms with E-state index in [0.29, 0.717) is 50.7 Å². The topological polar surface area (TPSA) is 73.3 Å². The highest BCUT2D eigenvalue weighted by Gasteiger charge is 2.49. The number of likely N-dealkylation sites (tertiary alicyclic amines) is 1. The molecule has 4 aliphatic rings. The van der Waals surface area contributed by atoms with E-state index in [4.69, 9.17) is 4.74 Å². The highest BCUT2D eigenvalue weighted by atomic mass is 16.6. The van der Waals surface area contributed by atoms with E-state index in [2.05, 4.69) is 29.2 Å². The lowest BCUT2D eigenvalue weighted by Gasteiger charge is -2.52. The predicted molar refractivity (Wildman–Crippen MR) is 141 cm³/mol. The van der Waals surface area contributed by atoms with Gasteiger partial charge in [-0.25, -0.2) is 4.79 Å². The average Bonchev–Trinajstić information content (AvgIpc) is 3.17. The number of nitrogens with zero attached hydrogens (tertiary/aromatic N) is 3. The standard InChI is InChI=1S/C29H43N3O4.H2/c1-4-29(35,5-2)26(33)31-19-21-9-7-8-10-25(21)28(20-31)13-15-30(16-14-28)24-17-22-11-12-23(18-24)32(22)27(34)36-6-3;/h7-10,22-24,35H,4-6,11-20H2,1-3H3;1H. The first-order valence-corrected chi connectivity index (χ1v) is 14.1. The number of rotatable bonds is 5. The van der Waals surface area contributed by atoms with Crippen LogP contribution in [-0.2, 0) is 21.5 Å². The third-order valence-electron chi connectivity index (χ3n) is 9.76. The van der Waals surface area contributed by atoms with Crippen molar-refractivity contribution in [1.29, 1.82) is 0 Å². The largest absolute Gasteiger partial charge is 0.450 e.